The molecule has 0 atom stereocenters. The minimum absolute atomic E-state index is 0.332. The first-order chi connectivity index (χ1) is 24.3. The summed E-state index contributed by atoms with van der Waals surface area (Å²) in [6.07, 6.45) is 0. The first kappa shape index (κ1) is 30.4. The topological polar surface area (TPSA) is 56.7 Å². The molecule has 5 nitrogen and oxygen atoms in total. The van der Waals surface area contributed by atoms with Crippen molar-refractivity contribution < 1.29 is 4.42 Å². The maximum Gasteiger partial charge on any atom is 0.167 e. The van der Waals surface area contributed by atoms with Gasteiger partial charge in [0.2, 0.25) is 0 Å². The summed E-state index contributed by atoms with van der Waals surface area (Å²) in [5, 5.41) is 2.97. The van der Waals surface area contributed by atoms with E-state index in [0.29, 0.717) is 83.2 Å². The van der Waals surface area contributed by atoms with Crippen LogP contribution in [0.3, 0.4) is 0 Å². The van der Waals surface area contributed by atoms with Gasteiger partial charge in [0.25, 0.3) is 0 Å². The van der Waals surface area contributed by atoms with Crippen LogP contribution in [0.4, 0.5) is 0 Å². The average Bonchev–Trinajstić information content (AvgIpc) is 3.71. The molecule has 0 aliphatic heterocycles. The lowest BCUT2D eigenvalue weighted by Crippen LogP contribution is -2.33. The summed E-state index contributed by atoms with van der Waals surface area (Å²) in [6, 6.07) is 34.8. The van der Waals surface area contributed by atoms with Gasteiger partial charge in [-0.2, -0.15) is 0 Å². The second-order valence-corrected chi connectivity index (χ2v) is 12.2. The van der Waals surface area contributed by atoms with Crippen LogP contribution in [0.2, 0.25) is 0 Å². The number of benzene rings is 6. The quantitative estimate of drug-likeness (QED) is 0.283. The summed E-state index contributed by atoms with van der Waals surface area (Å²) < 4.78 is 8.60. The number of hydrogen-bond donors (Lipinski definition) is 0. The molecule has 0 saturated heterocycles. The average molecular weight is 623 g/mol. The number of furan rings is 1. The first-order valence-electron chi connectivity index (χ1n) is 15.9. The summed E-state index contributed by atoms with van der Waals surface area (Å²) in [6.45, 7) is 0. The van der Waals surface area contributed by atoms with E-state index in [4.69, 9.17) is 66.4 Å². The Hall–Kier alpha value is -5.68. The highest BCUT2D eigenvalue weighted by atomic mass is 16.3. The number of rotatable bonds is 4. The van der Waals surface area contributed by atoms with E-state index in [1.165, 1.54) is 0 Å². The van der Waals surface area contributed by atoms with Crippen molar-refractivity contribution in [2.45, 2.75) is 0 Å². The molecule has 3 heterocycles. The van der Waals surface area contributed by atoms with Crippen molar-refractivity contribution in [3.63, 3.8) is 0 Å². The third-order valence-corrected chi connectivity index (χ3v) is 9.18. The smallest absolute Gasteiger partial charge is 0.167 e. The summed E-state index contributed by atoms with van der Waals surface area (Å²) in [5.74, 6) is 1.61. The second-order valence-electron chi connectivity index (χ2n) is 12.2. The van der Waals surface area contributed by atoms with Gasteiger partial charge in [0.15, 0.2) is 17.5 Å². The van der Waals surface area contributed by atoms with Gasteiger partial charge in [0.1, 0.15) is 58.2 Å². The number of hydrogen-bond acceptors (Lipinski definition) is 4. The van der Waals surface area contributed by atoms with Crippen LogP contribution < -0.4 is 32.8 Å². The van der Waals surface area contributed by atoms with Crippen LogP contribution in [0.15, 0.2) is 114 Å². The van der Waals surface area contributed by atoms with Gasteiger partial charge in [0.05, 0.1) is 5.56 Å². The zero-order valence-electron chi connectivity index (χ0n) is 26.6. The Labute approximate surface area is 295 Å². The summed E-state index contributed by atoms with van der Waals surface area (Å²) in [5.41, 5.74) is 7.86. The van der Waals surface area contributed by atoms with Crippen molar-refractivity contribution in [2.75, 3.05) is 0 Å². The molecule has 0 aliphatic rings. The SMILES string of the molecule is [B]c1cc([B])c2c(c1[B])c1c([B])c([B])cc([B])c1n2-c1ccc2c(c1)oc1c(-c3nc(-c4ccccc4)nc(-c4ccccc4)n3)cccc12. The third kappa shape index (κ3) is 4.60. The fraction of sp³-hybridized carbons (Fsp3) is 0. The van der Waals surface area contributed by atoms with Crippen molar-refractivity contribution in [2.24, 2.45) is 0 Å². The highest BCUT2D eigenvalue weighted by molar-refractivity contribution is 6.62. The summed E-state index contributed by atoms with van der Waals surface area (Å²) in [7, 11) is 38.9. The van der Waals surface area contributed by atoms with Gasteiger partial charge < -0.3 is 8.98 Å². The Morgan fingerprint density at radius 2 is 1.02 bits per heavy atom. The van der Waals surface area contributed by atoms with Gasteiger partial charge in [-0.1, -0.05) is 107 Å². The second kappa shape index (κ2) is 11.4. The number of para-hydroxylation sites is 1. The molecule has 0 saturated carbocycles. The van der Waals surface area contributed by atoms with Crippen LogP contribution in [0, 0.1) is 0 Å². The van der Waals surface area contributed by atoms with Crippen LogP contribution in [0.1, 0.15) is 0 Å². The molecule has 218 valence electrons. The van der Waals surface area contributed by atoms with Crippen LogP contribution in [0.25, 0.3) is 83.6 Å². The minimum Gasteiger partial charge on any atom is -0.455 e. The fourth-order valence-electron chi connectivity index (χ4n) is 6.85. The Bertz CT molecular complexity index is 2700. The van der Waals surface area contributed by atoms with Crippen LogP contribution >= 0.6 is 0 Å². The highest BCUT2D eigenvalue weighted by Crippen LogP contribution is 2.37. The number of nitrogens with zero attached hydrogens (tertiary/aromatic N) is 4. The van der Waals surface area contributed by atoms with E-state index >= 15 is 0 Å². The molecule has 0 bridgehead atoms. The minimum atomic E-state index is 0.332. The van der Waals surface area contributed by atoms with E-state index in [2.05, 4.69) is 0 Å². The normalized spacial score (nSPS) is 11.7. The third-order valence-electron chi connectivity index (χ3n) is 9.18. The molecule has 11 heteroatoms. The standard InChI is InChI=1S/C39H18B6N4O/c40-25-17-27(42)34-30(32(25)44)31-33(45)26(41)18-28(43)35(31)49(34)21-14-15-22-23-12-7-13-24(36(23)50-29(22)16-21)39-47-37(19-8-3-1-4-9-19)46-38(48-39)20-10-5-2-6-11-20/h1-18H. The molecule has 12 radical (unpaired) electrons. The molecule has 0 fully saturated rings. The zero-order chi connectivity index (χ0) is 34.3. The lowest BCUT2D eigenvalue weighted by Gasteiger charge is -2.13. The van der Waals surface area contributed by atoms with E-state index in [-0.39, 0.29) is 0 Å². The van der Waals surface area contributed by atoms with E-state index in [1.807, 2.05) is 102 Å². The number of aromatic nitrogens is 4. The predicted molar refractivity (Wildman–Crippen MR) is 210 cm³/mol. The van der Waals surface area contributed by atoms with E-state index in [0.717, 1.165) is 33.2 Å². The summed E-state index contributed by atoms with van der Waals surface area (Å²) in [4.78, 5) is 14.7. The van der Waals surface area contributed by atoms with Crippen LogP contribution in [0.5, 0.6) is 0 Å². The van der Waals surface area contributed by atoms with Gasteiger partial charge in [-0.3, -0.25) is 0 Å². The highest BCUT2D eigenvalue weighted by Gasteiger charge is 2.22. The van der Waals surface area contributed by atoms with Crippen LogP contribution in [-0.2, 0) is 0 Å². The van der Waals surface area contributed by atoms with Crippen molar-refractivity contribution in [1.29, 1.82) is 0 Å². The molecule has 0 unspecified atom stereocenters. The predicted octanol–water partition coefficient (Wildman–Crippen LogP) is 2.63. The Morgan fingerprint density at radius 1 is 0.480 bits per heavy atom. The Morgan fingerprint density at radius 3 is 1.58 bits per heavy atom. The van der Waals surface area contributed by atoms with E-state index < -0.39 is 0 Å². The molecule has 3 aromatic heterocycles. The van der Waals surface area contributed by atoms with Crippen molar-refractivity contribution in [3.8, 4) is 39.9 Å². The van der Waals surface area contributed by atoms with Gasteiger partial charge in [0, 0.05) is 44.7 Å². The van der Waals surface area contributed by atoms with Gasteiger partial charge in [-0.25, -0.2) is 15.0 Å². The fourth-order valence-corrected chi connectivity index (χ4v) is 6.85. The molecule has 50 heavy (non-hydrogen) atoms. The molecule has 0 amide bonds. The molecule has 0 spiro atoms. The molecule has 9 aromatic rings. The largest absolute Gasteiger partial charge is 0.455 e. The van der Waals surface area contributed by atoms with Gasteiger partial charge in [-0.05, 0) is 29.0 Å². The molecule has 0 aliphatic carbocycles. The van der Waals surface area contributed by atoms with E-state index in [1.54, 1.807) is 12.1 Å². The molecule has 0 N–H and O–H groups in total. The molecule has 6 aromatic carbocycles. The van der Waals surface area contributed by atoms with Gasteiger partial charge >= 0.3 is 0 Å². The maximum atomic E-state index is 6.67. The first-order valence-corrected chi connectivity index (χ1v) is 15.9. The van der Waals surface area contributed by atoms with Crippen LogP contribution in [-0.4, -0.2) is 66.6 Å². The van der Waals surface area contributed by atoms with Gasteiger partial charge in [-0.15, -0.1) is 10.9 Å². The van der Waals surface area contributed by atoms with Crippen molar-refractivity contribution >= 4 is 124 Å². The lowest BCUT2D eigenvalue weighted by atomic mass is 9.71. The van der Waals surface area contributed by atoms with Crippen molar-refractivity contribution in [3.05, 3.63) is 109 Å². The molecular weight excluding hydrogens is 605 g/mol. The molecular formula is C39H18B6N4O. The van der Waals surface area contributed by atoms with E-state index in [9.17, 15) is 0 Å². The maximum absolute atomic E-state index is 6.67. The zero-order valence-corrected chi connectivity index (χ0v) is 26.6. The Kier molecular flexibility index (Phi) is 6.96. The molecule has 9 rings (SSSR count). The lowest BCUT2D eigenvalue weighted by molar-refractivity contribution is 0.669. The number of fused-ring (bicyclic) bond motifs is 6. The van der Waals surface area contributed by atoms with Crippen molar-refractivity contribution in [1.82, 2.24) is 19.5 Å². The summed E-state index contributed by atoms with van der Waals surface area (Å²) >= 11 is 0. The Balaban J connectivity index is 1.29. The monoisotopic (exact) mass is 624 g/mol.